The van der Waals surface area contributed by atoms with Crippen LogP contribution in [0.5, 0.6) is 0 Å². The second-order valence-electron chi connectivity index (χ2n) is 6.80. The second-order valence-corrected chi connectivity index (χ2v) is 6.80. The van der Waals surface area contributed by atoms with Gasteiger partial charge in [-0.3, -0.25) is 14.5 Å². The molecular formula is C21H23F2N3O2. The van der Waals surface area contributed by atoms with E-state index in [1.54, 1.807) is 23.1 Å². The van der Waals surface area contributed by atoms with Crippen molar-refractivity contribution in [3.63, 3.8) is 0 Å². The average Bonchev–Trinajstić information content (AvgIpc) is 2.69. The number of aryl methyl sites for hydroxylation is 1. The summed E-state index contributed by atoms with van der Waals surface area (Å²) in [5.41, 5.74) is 1.10. The van der Waals surface area contributed by atoms with Gasteiger partial charge in [0.1, 0.15) is 11.6 Å². The van der Waals surface area contributed by atoms with Gasteiger partial charge in [0.15, 0.2) is 0 Å². The number of piperazine rings is 1. The molecule has 0 aliphatic carbocycles. The van der Waals surface area contributed by atoms with Crippen molar-refractivity contribution < 1.29 is 18.4 Å². The molecule has 5 nitrogen and oxygen atoms in total. The SMILES string of the molecule is O=C(CN1CCN(C(=O)CCc2ccccc2F)CC1)Nc1ccc(F)cc1. The zero-order valence-electron chi connectivity index (χ0n) is 15.5. The monoisotopic (exact) mass is 387 g/mol. The van der Waals surface area contributed by atoms with E-state index in [4.69, 9.17) is 0 Å². The zero-order valence-corrected chi connectivity index (χ0v) is 15.5. The summed E-state index contributed by atoms with van der Waals surface area (Å²) in [5, 5.41) is 2.73. The summed E-state index contributed by atoms with van der Waals surface area (Å²) < 4.78 is 26.5. The number of benzene rings is 2. The van der Waals surface area contributed by atoms with Crippen molar-refractivity contribution in [1.29, 1.82) is 0 Å². The fourth-order valence-corrected chi connectivity index (χ4v) is 3.19. The summed E-state index contributed by atoms with van der Waals surface area (Å²) in [4.78, 5) is 28.2. The van der Waals surface area contributed by atoms with Crippen LogP contribution in [0.4, 0.5) is 14.5 Å². The van der Waals surface area contributed by atoms with E-state index in [-0.39, 0.29) is 36.4 Å². The first-order chi connectivity index (χ1) is 13.5. The molecule has 2 aromatic rings. The van der Waals surface area contributed by atoms with Crippen LogP contribution in [0.1, 0.15) is 12.0 Å². The number of nitrogens with zero attached hydrogens (tertiary/aromatic N) is 2. The highest BCUT2D eigenvalue weighted by atomic mass is 19.1. The maximum absolute atomic E-state index is 13.6. The summed E-state index contributed by atoms with van der Waals surface area (Å²) in [6.45, 7) is 2.50. The van der Waals surface area contributed by atoms with Crippen molar-refractivity contribution in [2.75, 3.05) is 38.0 Å². The van der Waals surface area contributed by atoms with E-state index >= 15 is 0 Å². The summed E-state index contributed by atoms with van der Waals surface area (Å²) in [6, 6.07) is 12.1. The van der Waals surface area contributed by atoms with Gasteiger partial charge in [0.05, 0.1) is 6.54 Å². The third kappa shape index (κ3) is 5.60. The zero-order chi connectivity index (χ0) is 19.9. The molecule has 0 atom stereocenters. The van der Waals surface area contributed by atoms with Crippen molar-refractivity contribution >= 4 is 17.5 Å². The fourth-order valence-electron chi connectivity index (χ4n) is 3.19. The van der Waals surface area contributed by atoms with Crippen LogP contribution in [-0.4, -0.2) is 54.3 Å². The maximum atomic E-state index is 13.6. The Balaban J connectivity index is 1.40. The van der Waals surface area contributed by atoms with Crippen molar-refractivity contribution in [1.82, 2.24) is 9.80 Å². The molecule has 2 aromatic carbocycles. The van der Waals surface area contributed by atoms with Crippen molar-refractivity contribution in [3.05, 3.63) is 65.7 Å². The van der Waals surface area contributed by atoms with E-state index in [9.17, 15) is 18.4 Å². The Morgan fingerprint density at radius 2 is 1.61 bits per heavy atom. The largest absolute Gasteiger partial charge is 0.340 e. The minimum absolute atomic E-state index is 0.00123. The lowest BCUT2D eigenvalue weighted by Crippen LogP contribution is -2.50. The molecule has 28 heavy (non-hydrogen) atoms. The van der Waals surface area contributed by atoms with Gasteiger partial charge in [0.2, 0.25) is 11.8 Å². The highest BCUT2D eigenvalue weighted by Crippen LogP contribution is 2.12. The Bertz CT molecular complexity index is 819. The van der Waals surface area contributed by atoms with Gasteiger partial charge in [-0.05, 0) is 42.3 Å². The lowest BCUT2D eigenvalue weighted by atomic mass is 10.1. The molecule has 0 unspecified atom stereocenters. The molecule has 0 aromatic heterocycles. The first-order valence-electron chi connectivity index (χ1n) is 9.30. The third-order valence-corrected chi connectivity index (χ3v) is 4.79. The molecule has 0 bridgehead atoms. The van der Waals surface area contributed by atoms with E-state index in [0.29, 0.717) is 43.9 Å². The first-order valence-corrected chi connectivity index (χ1v) is 9.30. The van der Waals surface area contributed by atoms with Gasteiger partial charge in [-0.25, -0.2) is 8.78 Å². The van der Waals surface area contributed by atoms with Crippen LogP contribution in [0.2, 0.25) is 0 Å². The Morgan fingerprint density at radius 3 is 2.29 bits per heavy atom. The van der Waals surface area contributed by atoms with E-state index < -0.39 is 0 Å². The molecule has 3 rings (SSSR count). The van der Waals surface area contributed by atoms with Crippen molar-refractivity contribution in [2.24, 2.45) is 0 Å². The third-order valence-electron chi connectivity index (χ3n) is 4.79. The molecule has 0 spiro atoms. The fraction of sp³-hybridized carbons (Fsp3) is 0.333. The number of anilines is 1. The predicted molar refractivity (Wildman–Crippen MR) is 103 cm³/mol. The quantitative estimate of drug-likeness (QED) is 0.829. The predicted octanol–water partition coefficient (Wildman–Crippen LogP) is 2.68. The lowest BCUT2D eigenvalue weighted by Gasteiger charge is -2.34. The van der Waals surface area contributed by atoms with Crippen LogP contribution in [0.3, 0.4) is 0 Å². The molecular weight excluding hydrogens is 364 g/mol. The molecule has 1 saturated heterocycles. The van der Waals surface area contributed by atoms with Gasteiger partial charge in [0, 0.05) is 38.3 Å². The Morgan fingerprint density at radius 1 is 0.929 bits per heavy atom. The summed E-state index contributed by atoms with van der Waals surface area (Å²) in [6.07, 6.45) is 0.651. The standard InChI is InChI=1S/C21H23F2N3O2/c22-17-6-8-18(9-7-17)24-20(27)15-25-11-13-26(14-12-25)21(28)10-5-16-3-1-2-4-19(16)23/h1-4,6-9H,5,10-15H2,(H,24,27). The number of halogens is 2. The van der Waals surface area contributed by atoms with Crippen LogP contribution >= 0.6 is 0 Å². The number of carbonyl (C=O) groups excluding carboxylic acids is 2. The topological polar surface area (TPSA) is 52.7 Å². The highest BCUT2D eigenvalue weighted by molar-refractivity contribution is 5.92. The van der Waals surface area contributed by atoms with Crippen LogP contribution in [-0.2, 0) is 16.0 Å². The van der Waals surface area contributed by atoms with Gasteiger partial charge < -0.3 is 10.2 Å². The van der Waals surface area contributed by atoms with Gasteiger partial charge in [0.25, 0.3) is 0 Å². The minimum atomic E-state index is -0.353. The molecule has 0 saturated carbocycles. The lowest BCUT2D eigenvalue weighted by molar-refractivity contribution is -0.133. The second kappa shape index (κ2) is 9.41. The number of rotatable bonds is 6. The minimum Gasteiger partial charge on any atom is -0.340 e. The molecule has 1 aliphatic heterocycles. The van der Waals surface area contributed by atoms with Gasteiger partial charge >= 0.3 is 0 Å². The van der Waals surface area contributed by atoms with E-state index in [2.05, 4.69) is 5.32 Å². The van der Waals surface area contributed by atoms with E-state index in [0.717, 1.165) is 0 Å². The molecule has 1 fully saturated rings. The number of hydrogen-bond acceptors (Lipinski definition) is 3. The number of hydrogen-bond donors (Lipinski definition) is 1. The first kappa shape index (κ1) is 19.9. The Kier molecular flexibility index (Phi) is 6.71. The molecule has 1 heterocycles. The van der Waals surface area contributed by atoms with Gasteiger partial charge in [-0.15, -0.1) is 0 Å². The normalized spacial score (nSPS) is 14.7. The van der Waals surface area contributed by atoms with Gasteiger partial charge in [-0.2, -0.15) is 0 Å². The number of amides is 2. The molecule has 1 N–H and O–H groups in total. The van der Waals surface area contributed by atoms with Crippen LogP contribution in [0, 0.1) is 11.6 Å². The molecule has 7 heteroatoms. The molecule has 148 valence electrons. The van der Waals surface area contributed by atoms with E-state index in [1.807, 2.05) is 4.90 Å². The molecule has 1 aliphatic rings. The number of nitrogens with one attached hydrogen (secondary N) is 1. The smallest absolute Gasteiger partial charge is 0.238 e. The van der Waals surface area contributed by atoms with Gasteiger partial charge in [-0.1, -0.05) is 18.2 Å². The summed E-state index contributed by atoms with van der Waals surface area (Å²) >= 11 is 0. The van der Waals surface area contributed by atoms with Crippen LogP contribution < -0.4 is 5.32 Å². The van der Waals surface area contributed by atoms with Crippen LogP contribution in [0.15, 0.2) is 48.5 Å². The van der Waals surface area contributed by atoms with E-state index in [1.165, 1.54) is 30.3 Å². The summed E-state index contributed by atoms with van der Waals surface area (Å²) in [7, 11) is 0. The number of carbonyl (C=O) groups is 2. The van der Waals surface area contributed by atoms with Crippen molar-refractivity contribution in [2.45, 2.75) is 12.8 Å². The average molecular weight is 387 g/mol. The summed E-state index contributed by atoms with van der Waals surface area (Å²) in [5.74, 6) is -0.814. The van der Waals surface area contributed by atoms with Crippen LogP contribution in [0.25, 0.3) is 0 Å². The molecule has 2 amide bonds. The Hall–Kier alpha value is -2.80. The van der Waals surface area contributed by atoms with Crippen molar-refractivity contribution in [3.8, 4) is 0 Å². The Labute approximate surface area is 162 Å². The highest BCUT2D eigenvalue weighted by Gasteiger charge is 2.22. The maximum Gasteiger partial charge on any atom is 0.238 e. The molecule has 0 radical (unpaired) electrons.